The lowest BCUT2D eigenvalue weighted by molar-refractivity contribution is -0.137. The van der Waals surface area contributed by atoms with Crippen LogP contribution in [0.15, 0.2) is 76.6 Å². The molecule has 2 saturated carbocycles. The van der Waals surface area contributed by atoms with Gasteiger partial charge in [-0.2, -0.15) is 13.2 Å². The summed E-state index contributed by atoms with van der Waals surface area (Å²) in [6.07, 6.45) is -4.25. The Bertz CT molecular complexity index is 2090. The average molecular weight is 728 g/mol. The number of aromatic amines is 1. The number of thioether (sulfide) groups is 1. The summed E-state index contributed by atoms with van der Waals surface area (Å²) in [6, 6.07) is 15.5. The molecule has 3 aromatic carbocycles. The summed E-state index contributed by atoms with van der Waals surface area (Å²) in [5.74, 6) is -4.52. The molecule has 2 aliphatic heterocycles. The third-order valence-corrected chi connectivity index (χ3v) is 12.8. The first-order valence-corrected chi connectivity index (χ1v) is 17.4. The van der Waals surface area contributed by atoms with Gasteiger partial charge < -0.3 is 20.1 Å². The summed E-state index contributed by atoms with van der Waals surface area (Å²) in [6.45, 7) is -0.376. The van der Waals surface area contributed by atoms with E-state index in [4.69, 9.17) is 16.3 Å². The molecule has 7 atom stereocenters. The minimum atomic E-state index is -4.77. The minimum absolute atomic E-state index is 0.0462. The molecule has 4 aliphatic rings. The predicted molar refractivity (Wildman–Crippen MR) is 176 cm³/mol. The first-order valence-electron chi connectivity index (χ1n) is 15.4. The van der Waals surface area contributed by atoms with E-state index in [0.29, 0.717) is 38.3 Å². The summed E-state index contributed by atoms with van der Waals surface area (Å²) < 4.78 is 48.1. The number of ether oxygens (including phenoxy) is 1. The Morgan fingerprint density at radius 2 is 1.73 bits per heavy atom. The van der Waals surface area contributed by atoms with Crippen molar-refractivity contribution in [3.8, 4) is 11.5 Å². The van der Waals surface area contributed by atoms with E-state index in [2.05, 4.69) is 10.3 Å². The van der Waals surface area contributed by atoms with E-state index in [-0.39, 0.29) is 40.2 Å². The van der Waals surface area contributed by atoms with Crippen LogP contribution in [0.25, 0.3) is 0 Å². The van der Waals surface area contributed by atoms with E-state index in [1.54, 1.807) is 18.2 Å². The number of aromatic nitrogens is 1. The standard InChI is InChI=1S/C34H25ClF3N3O6S2/c35-14-5-10-22(47-13-23(43)39-15-6-8-16(42)9-7-15)17(11-14)24-25-18-12-19(28(25)48-30-29(24)49-33(46)40-30)27-26(18)31(44)41(32(27)45)21-4-2-1-3-20(21)34(36,37)38/h1-11,18-19,24-28,42H,12-13H2,(H,39,43)(H,40,46)/t18-,19-,24-,25?,26?,27?,28?/m1/s1. The molecule has 3 fully saturated rings. The van der Waals surface area contributed by atoms with E-state index < -0.39 is 52.9 Å². The fourth-order valence-corrected chi connectivity index (χ4v) is 11.4. The van der Waals surface area contributed by atoms with Gasteiger partial charge >= 0.3 is 11.0 Å². The Kier molecular flexibility index (Phi) is 7.61. The Morgan fingerprint density at radius 1 is 1.02 bits per heavy atom. The van der Waals surface area contributed by atoms with Crippen molar-refractivity contribution in [2.75, 3.05) is 16.8 Å². The Balaban J connectivity index is 1.15. The largest absolute Gasteiger partial charge is 0.508 e. The van der Waals surface area contributed by atoms with Gasteiger partial charge in [0.2, 0.25) is 11.8 Å². The molecule has 0 spiro atoms. The number of fused-ring (bicyclic) bond motifs is 9. The van der Waals surface area contributed by atoms with E-state index in [0.717, 1.165) is 28.4 Å². The van der Waals surface area contributed by atoms with E-state index in [9.17, 15) is 37.5 Å². The molecule has 8 rings (SSSR count). The van der Waals surface area contributed by atoms with Crippen molar-refractivity contribution >= 4 is 63.8 Å². The summed E-state index contributed by atoms with van der Waals surface area (Å²) in [7, 11) is 0. The summed E-state index contributed by atoms with van der Waals surface area (Å²) >= 11 is 8.98. The number of para-hydroxylation sites is 1. The number of alkyl halides is 3. The second-order valence-corrected chi connectivity index (χ2v) is 15.2. The zero-order chi connectivity index (χ0) is 34.4. The van der Waals surface area contributed by atoms with Crippen molar-refractivity contribution in [2.24, 2.45) is 29.6 Å². The van der Waals surface area contributed by atoms with Crippen molar-refractivity contribution in [1.29, 1.82) is 0 Å². The molecular formula is C34H25ClF3N3O6S2. The molecule has 252 valence electrons. The third-order valence-electron chi connectivity index (χ3n) is 9.99. The average Bonchev–Trinajstić information content (AvgIpc) is 3.80. The van der Waals surface area contributed by atoms with Gasteiger partial charge in [-0.1, -0.05) is 35.1 Å². The number of halogens is 4. The first kappa shape index (κ1) is 32.0. The number of nitrogens with zero attached hydrogens (tertiary/aromatic N) is 1. The number of carbonyl (C=O) groups is 3. The first-order chi connectivity index (χ1) is 23.4. The van der Waals surface area contributed by atoms with Crippen LogP contribution in [0.2, 0.25) is 5.02 Å². The number of H-pyrrole nitrogens is 1. The van der Waals surface area contributed by atoms with Crippen LogP contribution in [0.3, 0.4) is 0 Å². The van der Waals surface area contributed by atoms with Crippen molar-refractivity contribution in [1.82, 2.24) is 4.98 Å². The molecule has 1 saturated heterocycles. The summed E-state index contributed by atoms with van der Waals surface area (Å²) in [4.78, 5) is 57.6. The highest BCUT2D eigenvalue weighted by Crippen LogP contribution is 2.69. The molecule has 3 heterocycles. The fourth-order valence-electron chi connectivity index (χ4n) is 8.29. The molecule has 9 nitrogen and oxygen atoms in total. The van der Waals surface area contributed by atoms with Gasteiger partial charge in [0.05, 0.1) is 28.1 Å². The highest BCUT2D eigenvalue weighted by Gasteiger charge is 2.70. The van der Waals surface area contributed by atoms with Crippen LogP contribution in [-0.2, 0) is 20.6 Å². The number of phenolic OH excluding ortho intramolecular Hbond substituents is 1. The molecule has 1 aromatic heterocycles. The van der Waals surface area contributed by atoms with Gasteiger partial charge in [0.1, 0.15) is 11.5 Å². The highest BCUT2D eigenvalue weighted by molar-refractivity contribution is 8.00. The third kappa shape index (κ3) is 5.22. The lowest BCUT2D eigenvalue weighted by atomic mass is 9.68. The molecular weight excluding hydrogens is 703 g/mol. The number of benzene rings is 3. The molecule has 0 radical (unpaired) electrons. The predicted octanol–water partition coefficient (Wildman–Crippen LogP) is 6.51. The van der Waals surface area contributed by atoms with E-state index in [1.807, 2.05) is 0 Å². The van der Waals surface area contributed by atoms with Gasteiger partial charge in [-0.05, 0) is 78.8 Å². The van der Waals surface area contributed by atoms with Crippen molar-refractivity contribution in [2.45, 2.75) is 28.8 Å². The van der Waals surface area contributed by atoms with E-state index in [1.165, 1.54) is 48.2 Å². The van der Waals surface area contributed by atoms with Gasteiger partial charge in [0.25, 0.3) is 5.91 Å². The van der Waals surface area contributed by atoms with Gasteiger partial charge in [0, 0.05) is 32.3 Å². The van der Waals surface area contributed by atoms with Crippen LogP contribution in [0.1, 0.15) is 28.3 Å². The summed E-state index contributed by atoms with van der Waals surface area (Å²) in [5.41, 5.74) is -0.471. The number of imide groups is 1. The van der Waals surface area contributed by atoms with Gasteiger partial charge in [-0.25, -0.2) is 4.90 Å². The number of hydrogen-bond acceptors (Lipinski definition) is 8. The maximum Gasteiger partial charge on any atom is 0.418 e. The zero-order valence-electron chi connectivity index (χ0n) is 25.1. The van der Waals surface area contributed by atoms with Crippen LogP contribution >= 0.6 is 34.7 Å². The van der Waals surface area contributed by atoms with Gasteiger partial charge in [0.15, 0.2) is 6.61 Å². The van der Waals surface area contributed by atoms with Crippen LogP contribution < -0.4 is 19.8 Å². The zero-order valence-corrected chi connectivity index (χ0v) is 27.5. The summed E-state index contributed by atoms with van der Waals surface area (Å²) in [5, 5.41) is 13.0. The van der Waals surface area contributed by atoms with Crippen molar-refractivity contribution in [3.63, 3.8) is 0 Å². The van der Waals surface area contributed by atoms with Crippen LogP contribution in [-0.4, -0.2) is 39.7 Å². The molecule has 3 amide bonds. The highest BCUT2D eigenvalue weighted by atomic mass is 35.5. The maximum atomic E-state index is 14.1. The topological polar surface area (TPSA) is 129 Å². The molecule has 49 heavy (non-hydrogen) atoms. The number of amides is 3. The quantitative estimate of drug-likeness (QED) is 0.153. The second kappa shape index (κ2) is 11.7. The monoisotopic (exact) mass is 727 g/mol. The number of hydrogen-bond donors (Lipinski definition) is 3. The number of rotatable bonds is 6. The van der Waals surface area contributed by atoms with Crippen LogP contribution in [0.4, 0.5) is 24.5 Å². The Labute approximate surface area is 289 Å². The van der Waals surface area contributed by atoms with Crippen LogP contribution in [0.5, 0.6) is 11.5 Å². The van der Waals surface area contributed by atoms with Crippen molar-refractivity contribution in [3.05, 3.63) is 97.4 Å². The molecule has 2 bridgehead atoms. The molecule has 3 N–H and O–H groups in total. The number of aromatic hydroxyl groups is 1. The Morgan fingerprint density at radius 3 is 2.47 bits per heavy atom. The number of anilines is 2. The lowest BCUT2D eigenvalue weighted by Gasteiger charge is -2.43. The number of nitrogens with one attached hydrogen (secondary N) is 2. The SMILES string of the molecule is O=C(COc1ccc(Cl)cc1[C@H]1c2sc(=O)[nH]c2SC2C1[C@H]1C[C@@H]2C2C(=O)N(c3ccccc3C(F)(F)F)C(=O)C21)Nc1ccc(O)cc1. The fraction of sp³-hybridized carbons (Fsp3) is 0.294. The van der Waals surface area contributed by atoms with Gasteiger partial charge in [-0.3, -0.25) is 19.2 Å². The van der Waals surface area contributed by atoms with Gasteiger partial charge in [-0.15, -0.1) is 11.8 Å². The molecule has 15 heteroatoms. The molecule has 4 unspecified atom stereocenters. The number of carbonyl (C=O) groups excluding carboxylic acids is 3. The molecule has 4 aromatic rings. The minimum Gasteiger partial charge on any atom is -0.508 e. The Hall–Kier alpha value is -4.27. The van der Waals surface area contributed by atoms with Crippen molar-refractivity contribution < 1.29 is 37.4 Å². The smallest absolute Gasteiger partial charge is 0.418 e. The lowest BCUT2D eigenvalue weighted by Crippen LogP contribution is -2.42. The second-order valence-electron chi connectivity index (χ2n) is 12.6. The van der Waals surface area contributed by atoms with Crippen LogP contribution in [0, 0.1) is 29.6 Å². The van der Waals surface area contributed by atoms with E-state index >= 15 is 0 Å². The number of thiazole rings is 1. The normalized spacial score (nSPS) is 26.8. The number of phenols is 1. The molecule has 2 aliphatic carbocycles. The maximum absolute atomic E-state index is 14.1.